The van der Waals surface area contributed by atoms with E-state index in [4.69, 9.17) is 34.8 Å². The van der Waals surface area contributed by atoms with Crippen LogP contribution in [-0.4, -0.2) is 42.0 Å². The number of halogens is 5. The van der Waals surface area contributed by atoms with Crippen LogP contribution in [0.25, 0.3) is 6.08 Å². The summed E-state index contributed by atoms with van der Waals surface area (Å²) in [6.07, 6.45) is 6.71. The molecule has 1 amide bonds. The minimum atomic E-state index is -0.594. The zero-order valence-electron chi connectivity index (χ0n) is 19.2. The Morgan fingerprint density at radius 3 is 2.50 bits per heavy atom. The fourth-order valence-corrected chi connectivity index (χ4v) is 5.58. The summed E-state index contributed by atoms with van der Waals surface area (Å²) in [6, 6.07) is 10.4. The molecule has 0 unspecified atom stereocenters. The maximum absolute atomic E-state index is 13.9. The summed E-state index contributed by atoms with van der Waals surface area (Å²) in [5, 5.41) is 1.11. The van der Waals surface area contributed by atoms with E-state index in [9.17, 15) is 13.6 Å². The molecule has 36 heavy (non-hydrogen) atoms. The number of pyridine rings is 1. The Bertz CT molecular complexity index is 1360. The average Bonchev–Trinajstić information content (AvgIpc) is 3.14. The standard InChI is InChI=1S/C27H22Cl3F2N3O/c28-21-14-20-24(15-22(21)29)35(26(36)18-5-8-33-25(30)12-18)16-27(20)6-10-34(11-7-27)9-1-2-17-3-4-19(31)13-23(17)32/h1-5,8,12-15H,6-7,9-11,16H2. The predicted octanol–water partition coefficient (Wildman–Crippen LogP) is 7.03. The fourth-order valence-electron chi connectivity index (χ4n) is 5.09. The first-order valence-corrected chi connectivity index (χ1v) is 12.7. The molecular weight excluding hydrogens is 527 g/mol. The molecule has 0 bridgehead atoms. The van der Waals surface area contributed by atoms with E-state index in [-0.39, 0.29) is 16.5 Å². The van der Waals surface area contributed by atoms with Crippen LogP contribution in [0.5, 0.6) is 0 Å². The summed E-state index contributed by atoms with van der Waals surface area (Å²) in [5.41, 5.74) is 2.35. The summed E-state index contributed by atoms with van der Waals surface area (Å²) in [6.45, 7) is 2.74. The van der Waals surface area contributed by atoms with Crippen LogP contribution in [0.4, 0.5) is 14.5 Å². The van der Waals surface area contributed by atoms with Gasteiger partial charge in [-0.1, -0.05) is 47.0 Å². The van der Waals surface area contributed by atoms with Crippen LogP contribution in [0, 0.1) is 11.6 Å². The minimum absolute atomic E-state index is 0.164. The number of likely N-dealkylation sites (tertiary alicyclic amines) is 1. The van der Waals surface area contributed by atoms with E-state index in [0.29, 0.717) is 34.3 Å². The molecule has 1 saturated heterocycles. The Kier molecular flexibility index (Phi) is 7.05. The van der Waals surface area contributed by atoms with Crippen molar-refractivity contribution < 1.29 is 13.6 Å². The van der Waals surface area contributed by atoms with Gasteiger partial charge in [0.05, 0.1) is 10.0 Å². The van der Waals surface area contributed by atoms with Crippen molar-refractivity contribution in [1.82, 2.24) is 9.88 Å². The highest BCUT2D eigenvalue weighted by molar-refractivity contribution is 6.42. The third-order valence-electron chi connectivity index (χ3n) is 7.02. The van der Waals surface area contributed by atoms with Gasteiger partial charge >= 0.3 is 0 Å². The topological polar surface area (TPSA) is 36.4 Å². The maximum Gasteiger partial charge on any atom is 0.258 e. The number of carbonyl (C=O) groups is 1. The minimum Gasteiger partial charge on any atom is -0.307 e. The molecule has 2 aliphatic heterocycles. The van der Waals surface area contributed by atoms with Crippen molar-refractivity contribution >= 4 is 52.5 Å². The van der Waals surface area contributed by atoms with Crippen LogP contribution in [0.15, 0.2) is 54.7 Å². The van der Waals surface area contributed by atoms with E-state index in [1.165, 1.54) is 18.3 Å². The van der Waals surface area contributed by atoms with Crippen LogP contribution < -0.4 is 4.90 Å². The van der Waals surface area contributed by atoms with Gasteiger partial charge in [-0.05, 0) is 67.9 Å². The lowest BCUT2D eigenvalue weighted by Crippen LogP contribution is -2.46. The Morgan fingerprint density at radius 1 is 1.03 bits per heavy atom. The number of nitrogens with zero attached hydrogens (tertiary/aromatic N) is 3. The van der Waals surface area contributed by atoms with Gasteiger partial charge in [-0.15, -0.1) is 0 Å². The van der Waals surface area contributed by atoms with Crippen molar-refractivity contribution in [3.8, 4) is 0 Å². The molecule has 1 aromatic heterocycles. The Labute approximate surface area is 223 Å². The number of amides is 1. The average molecular weight is 549 g/mol. The molecule has 0 atom stereocenters. The lowest BCUT2D eigenvalue weighted by Gasteiger charge is -2.39. The number of fused-ring (bicyclic) bond motifs is 2. The van der Waals surface area contributed by atoms with Crippen LogP contribution in [0.1, 0.15) is 34.3 Å². The molecule has 2 aromatic carbocycles. The quantitative estimate of drug-likeness (QED) is 0.329. The first kappa shape index (κ1) is 25.2. The van der Waals surface area contributed by atoms with Crippen molar-refractivity contribution in [3.63, 3.8) is 0 Å². The lowest BCUT2D eigenvalue weighted by molar-refractivity contribution is 0.0977. The molecule has 3 heterocycles. The maximum atomic E-state index is 13.9. The first-order chi connectivity index (χ1) is 17.3. The van der Waals surface area contributed by atoms with Crippen LogP contribution >= 0.6 is 34.8 Å². The molecule has 186 valence electrons. The SMILES string of the molecule is O=C(c1ccnc(Cl)c1)N1CC2(CCN(CC=Cc3ccc(F)cc3F)CC2)c2cc(Cl)c(Cl)cc21. The van der Waals surface area contributed by atoms with Gasteiger partial charge in [0, 0.05) is 47.6 Å². The Balaban J connectivity index is 1.34. The largest absolute Gasteiger partial charge is 0.307 e. The van der Waals surface area contributed by atoms with Gasteiger partial charge in [-0.3, -0.25) is 9.69 Å². The number of rotatable bonds is 4. The highest BCUT2D eigenvalue weighted by Crippen LogP contribution is 2.49. The van der Waals surface area contributed by atoms with Gasteiger partial charge in [0.1, 0.15) is 16.8 Å². The second-order valence-electron chi connectivity index (χ2n) is 9.19. The van der Waals surface area contributed by atoms with Gasteiger partial charge in [-0.2, -0.15) is 0 Å². The van der Waals surface area contributed by atoms with Gasteiger partial charge in [0.15, 0.2) is 0 Å². The van der Waals surface area contributed by atoms with Crippen molar-refractivity contribution in [2.75, 3.05) is 31.1 Å². The molecule has 0 N–H and O–H groups in total. The Hall–Kier alpha value is -2.51. The van der Waals surface area contributed by atoms with Crippen LogP contribution in [0.2, 0.25) is 15.2 Å². The van der Waals surface area contributed by atoms with Gasteiger partial charge < -0.3 is 4.90 Å². The first-order valence-electron chi connectivity index (χ1n) is 11.5. The fraction of sp³-hybridized carbons (Fsp3) is 0.259. The highest BCUT2D eigenvalue weighted by Gasteiger charge is 2.46. The van der Waals surface area contributed by atoms with E-state index in [1.54, 1.807) is 29.2 Å². The number of carbonyl (C=O) groups excluding carboxylic acids is 1. The van der Waals surface area contributed by atoms with Gasteiger partial charge in [0.25, 0.3) is 5.91 Å². The number of piperidine rings is 1. The second-order valence-corrected chi connectivity index (χ2v) is 10.4. The predicted molar refractivity (Wildman–Crippen MR) is 140 cm³/mol. The summed E-state index contributed by atoms with van der Waals surface area (Å²) < 4.78 is 27.0. The number of hydrogen-bond donors (Lipinski definition) is 0. The molecule has 3 aromatic rings. The molecule has 4 nitrogen and oxygen atoms in total. The third kappa shape index (κ3) is 4.88. The zero-order valence-corrected chi connectivity index (χ0v) is 21.4. The molecule has 5 rings (SSSR count). The van der Waals surface area contributed by atoms with Crippen LogP contribution in [0.3, 0.4) is 0 Å². The van der Waals surface area contributed by atoms with Crippen molar-refractivity contribution in [2.24, 2.45) is 0 Å². The highest BCUT2D eigenvalue weighted by atomic mass is 35.5. The molecule has 9 heteroatoms. The van der Waals surface area contributed by atoms with Crippen molar-refractivity contribution in [1.29, 1.82) is 0 Å². The van der Waals surface area contributed by atoms with Crippen molar-refractivity contribution in [3.05, 3.63) is 98.3 Å². The summed E-state index contributed by atoms with van der Waals surface area (Å²) in [4.78, 5) is 21.5. The van der Waals surface area contributed by atoms with E-state index >= 15 is 0 Å². The van der Waals surface area contributed by atoms with Gasteiger partial charge in [-0.25, -0.2) is 13.8 Å². The molecule has 2 aliphatic rings. The van der Waals surface area contributed by atoms with E-state index in [0.717, 1.165) is 43.2 Å². The molecule has 0 saturated carbocycles. The number of hydrogen-bond acceptors (Lipinski definition) is 3. The third-order valence-corrected chi connectivity index (χ3v) is 7.95. The number of benzene rings is 2. The van der Waals surface area contributed by atoms with E-state index in [2.05, 4.69) is 9.88 Å². The molecule has 1 fully saturated rings. The monoisotopic (exact) mass is 547 g/mol. The zero-order chi connectivity index (χ0) is 25.4. The summed E-state index contributed by atoms with van der Waals surface area (Å²) in [7, 11) is 0. The smallest absolute Gasteiger partial charge is 0.258 e. The molecule has 1 spiro atoms. The van der Waals surface area contributed by atoms with E-state index < -0.39 is 11.6 Å². The Morgan fingerprint density at radius 2 is 1.78 bits per heavy atom. The molecular formula is C27H22Cl3F2N3O. The summed E-state index contributed by atoms with van der Waals surface area (Å²) in [5.74, 6) is -1.34. The van der Waals surface area contributed by atoms with Gasteiger partial charge in [0.2, 0.25) is 0 Å². The number of anilines is 1. The van der Waals surface area contributed by atoms with Crippen LogP contribution in [-0.2, 0) is 5.41 Å². The normalized spacial score (nSPS) is 17.2. The van der Waals surface area contributed by atoms with E-state index in [1.807, 2.05) is 12.1 Å². The summed E-state index contributed by atoms with van der Waals surface area (Å²) >= 11 is 18.8. The molecule has 0 radical (unpaired) electrons. The second kappa shape index (κ2) is 10.1. The van der Waals surface area contributed by atoms with Crippen molar-refractivity contribution in [2.45, 2.75) is 18.3 Å². The lowest BCUT2D eigenvalue weighted by atomic mass is 9.74. The number of aromatic nitrogens is 1. The molecule has 0 aliphatic carbocycles.